The Morgan fingerprint density at radius 1 is 1.00 bits per heavy atom. The SMILES string of the molecule is Cc1ccc(C(N)c2ccn(-c3ccccc3)n2)c(C)c1. The first-order valence-electron chi connectivity index (χ1n) is 7.09. The van der Waals surface area contributed by atoms with Crippen LogP contribution in [0.5, 0.6) is 0 Å². The second-order valence-corrected chi connectivity index (χ2v) is 5.36. The second-order valence-electron chi connectivity index (χ2n) is 5.36. The van der Waals surface area contributed by atoms with Crippen LogP contribution in [0.25, 0.3) is 5.69 Å². The van der Waals surface area contributed by atoms with Crippen LogP contribution >= 0.6 is 0 Å². The summed E-state index contributed by atoms with van der Waals surface area (Å²) in [4.78, 5) is 0. The van der Waals surface area contributed by atoms with Gasteiger partial charge in [-0.3, -0.25) is 0 Å². The van der Waals surface area contributed by atoms with Gasteiger partial charge in [-0.15, -0.1) is 0 Å². The molecule has 0 bridgehead atoms. The van der Waals surface area contributed by atoms with E-state index in [1.54, 1.807) is 0 Å². The standard InChI is InChI=1S/C18H19N3/c1-13-8-9-16(14(2)12-13)18(19)17-10-11-21(20-17)15-6-4-3-5-7-15/h3-12,18H,19H2,1-2H3. The van der Waals surface area contributed by atoms with Gasteiger partial charge in [-0.1, -0.05) is 42.0 Å². The number of benzene rings is 2. The molecule has 1 aromatic heterocycles. The minimum atomic E-state index is -0.199. The lowest BCUT2D eigenvalue weighted by Crippen LogP contribution is -2.14. The Balaban J connectivity index is 1.92. The number of hydrogen-bond donors (Lipinski definition) is 1. The predicted octanol–water partition coefficient (Wildman–Crippen LogP) is 3.54. The molecular weight excluding hydrogens is 258 g/mol. The summed E-state index contributed by atoms with van der Waals surface area (Å²) in [6.07, 6.45) is 1.95. The zero-order valence-corrected chi connectivity index (χ0v) is 12.3. The molecule has 2 aromatic carbocycles. The van der Waals surface area contributed by atoms with Gasteiger partial charge >= 0.3 is 0 Å². The molecule has 1 unspecified atom stereocenters. The van der Waals surface area contributed by atoms with Crippen LogP contribution in [0.4, 0.5) is 0 Å². The summed E-state index contributed by atoms with van der Waals surface area (Å²) >= 11 is 0. The van der Waals surface area contributed by atoms with Crippen LogP contribution in [0.15, 0.2) is 60.8 Å². The van der Waals surface area contributed by atoms with E-state index in [2.05, 4.69) is 37.1 Å². The van der Waals surface area contributed by atoms with Gasteiger partial charge in [0.1, 0.15) is 0 Å². The molecule has 0 aliphatic carbocycles. The van der Waals surface area contributed by atoms with E-state index in [4.69, 9.17) is 5.73 Å². The Morgan fingerprint density at radius 2 is 1.76 bits per heavy atom. The maximum atomic E-state index is 6.38. The average Bonchev–Trinajstić information content (AvgIpc) is 2.97. The van der Waals surface area contributed by atoms with E-state index in [9.17, 15) is 0 Å². The number of aromatic nitrogens is 2. The summed E-state index contributed by atoms with van der Waals surface area (Å²) in [7, 11) is 0. The van der Waals surface area contributed by atoms with Crippen LogP contribution in [-0.2, 0) is 0 Å². The summed E-state index contributed by atoms with van der Waals surface area (Å²) in [5.41, 5.74) is 11.9. The molecule has 0 fully saturated rings. The lowest BCUT2D eigenvalue weighted by atomic mass is 9.98. The van der Waals surface area contributed by atoms with Crippen molar-refractivity contribution in [2.24, 2.45) is 5.73 Å². The molecule has 3 rings (SSSR count). The summed E-state index contributed by atoms with van der Waals surface area (Å²) in [5.74, 6) is 0. The molecule has 3 heteroatoms. The van der Waals surface area contributed by atoms with Crippen molar-refractivity contribution in [2.75, 3.05) is 0 Å². The zero-order chi connectivity index (χ0) is 14.8. The van der Waals surface area contributed by atoms with Gasteiger partial charge in [0, 0.05) is 6.20 Å². The minimum absolute atomic E-state index is 0.199. The number of nitrogens with two attached hydrogens (primary N) is 1. The molecule has 1 heterocycles. The molecule has 0 spiro atoms. The van der Waals surface area contributed by atoms with E-state index < -0.39 is 0 Å². The monoisotopic (exact) mass is 277 g/mol. The molecule has 21 heavy (non-hydrogen) atoms. The molecular formula is C18H19N3. The third-order valence-corrected chi connectivity index (χ3v) is 3.71. The van der Waals surface area contributed by atoms with Crippen molar-refractivity contribution >= 4 is 0 Å². The summed E-state index contributed by atoms with van der Waals surface area (Å²) in [6, 6.07) is 18.2. The molecule has 0 aliphatic rings. The topological polar surface area (TPSA) is 43.8 Å². The van der Waals surface area contributed by atoms with Gasteiger partial charge in [0.05, 0.1) is 17.4 Å². The normalized spacial score (nSPS) is 12.3. The van der Waals surface area contributed by atoms with Crippen molar-refractivity contribution in [1.29, 1.82) is 0 Å². The smallest absolute Gasteiger partial charge is 0.0841 e. The molecule has 0 radical (unpaired) electrons. The largest absolute Gasteiger partial charge is 0.319 e. The fourth-order valence-corrected chi connectivity index (χ4v) is 2.56. The lowest BCUT2D eigenvalue weighted by molar-refractivity contribution is 0.769. The Morgan fingerprint density at radius 3 is 2.48 bits per heavy atom. The minimum Gasteiger partial charge on any atom is -0.319 e. The number of aryl methyl sites for hydroxylation is 2. The van der Waals surface area contributed by atoms with E-state index in [-0.39, 0.29) is 6.04 Å². The Bertz CT molecular complexity index is 744. The van der Waals surface area contributed by atoms with E-state index >= 15 is 0 Å². The molecule has 1 atom stereocenters. The first-order valence-corrected chi connectivity index (χ1v) is 7.09. The second kappa shape index (κ2) is 5.54. The van der Waals surface area contributed by atoms with E-state index in [0.29, 0.717) is 0 Å². The molecule has 106 valence electrons. The fraction of sp³-hybridized carbons (Fsp3) is 0.167. The molecule has 3 aromatic rings. The Labute approximate surface area is 125 Å². The van der Waals surface area contributed by atoms with Gasteiger partial charge in [-0.2, -0.15) is 5.10 Å². The Hall–Kier alpha value is -2.39. The number of hydrogen-bond acceptors (Lipinski definition) is 2. The molecule has 2 N–H and O–H groups in total. The van der Waals surface area contributed by atoms with Crippen LogP contribution in [-0.4, -0.2) is 9.78 Å². The van der Waals surface area contributed by atoms with Gasteiger partial charge in [-0.05, 0) is 43.2 Å². The van der Waals surface area contributed by atoms with Crippen LogP contribution in [0, 0.1) is 13.8 Å². The van der Waals surface area contributed by atoms with Gasteiger partial charge in [0.25, 0.3) is 0 Å². The number of nitrogens with zero attached hydrogens (tertiary/aromatic N) is 2. The summed E-state index contributed by atoms with van der Waals surface area (Å²) in [6.45, 7) is 4.18. The van der Waals surface area contributed by atoms with Crippen LogP contribution in [0.2, 0.25) is 0 Å². The number of para-hydroxylation sites is 1. The van der Waals surface area contributed by atoms with E-state index in [1.807, 2.05) is 47.3 Å². The maximum absolute atomic E-state index is 6.38. The quantitative estimate of drug-likeness (QED) is 0.795. The van der Waals surface area contributed by atoms with Crippen LogP contribution in [0.1, 0.15) is 28.4 Å². The summed E-state index contributed by atoms with van der Waals surface area (Å²) in [5, 5.41) is 4.61. The van der Waals surface area contributed by atoms with Gasteiger partial charge in [0.15, 0.2) is 0 Å². The number of rotatable bonds is 3. The van der Waals surface area contributed by atoms with E-state index in [1.165, 1.54) is 11.1 Å². The van der Waals surface area contributed by atoms with Gasteiger partial charge < -0.3 is 5.73 Å². The van der Waals surface area contributed by atoms with Crippen molar-refractivity contribution in [2.45, 2.75) is 19.9 Å². The first kappa shape index (κ1) is 13.6. The highest BCUT2D eigenvalue weighted by molar-refractivity contribution is 5.37. The Kier molecular flexibility index (Phi) is 3.59. The molecule has 0 saturated heterocycles. The first-order chi connectivity index (χ1) is 10.1. The average molecular weight is 277 g/mol. The molecule has 0 saturated carbocycles. The van der Waals surface area contributed by atoms with Crippen molar-refractivity contribution in [1.82, 2.24) is 9.78 Å². The highest BCUT2D eigenvalue weighted by Crippen LogP contribution is 2.22. The highest BCUT2D eigenvalue weighted by atomic mass is 15.3. The molecule has 3 nitrogen and oxygen atoms in total. The van der Waals surface area contributed by atoms with Gasteiger partial charge in [-0.25, -0.2) is 4.68 Å². The van der Waals surface area contributed by atoms with Gasteiger partial charge in [0.2, 0.25) is 0 Å². The van der Waals surface area contributed by atoms with E-state index in [0.717, 1.165) is 16.9 Å². The van der Waals surface area contributed by atoms with Crippen molar-refractivity contribution < 1.29 is 0 Å². The van der Waals surface area contributed by atoms with Crippen LogP contribution in [0.3, 0.4) is 0 Å². The molecule has 0 amide bonds. The molecule has 0 aliphatic heterocycles. The predicted molar refractivity (Wildman–Crippen MR) is 85.5 cm³/mol. The van der Waals surface area contributed by atoms with Crippen molar-refractivity contribution in [3.05, 3.63) is 83.2 Å². The fourth-order valence-electron chi connectivity index (χ4n) is 2.56. The third kappa shape index (κ3) is 2.73. The van der Waals surface area contributed by atoms with Crippen molar-refractivity contribution in [3.8, 4) is 5.69 Å². The highest BCUT2D eigenvalue weighted by Gasteiger charge is 2.14. The zero-order valence-electron chi connectivity index (χ0n) is 12.3. The third-order valence-electron chi connectivity index (χ3n) is 3.71. The van der Waals surface area contributed by atoms with Crippen molar-refractivity contribution in [3.63, 3.8) is 0 Å². The lowest BCUT2D eigenvalue weighted by Gasteiger charge is -2.13. The van der Waals surface area contributed by atoms with Crippen LogP contribution < -0.4 is 5.73 Å². The summed E-state index contributed by atoms with van der Waals surface area (Å²) < 4.78 is 1.86. The maximum Gasteiger partial charge on any atom is 0.0841 e.